The summed E-state index contributed by atoms with van der Waals surface area (Å²) in [6.45, 7) is 3.78. The number of aryl methyl sites for hydroxylation is 1. The minimum Gasteiger partial charge on any atom is -0.298 e. The SMILES string of the molecule is Cc1nn(Cc2cc(F)ccc2C#N)c(C)c1C=O. The van der Waals surface area contributed by atoms with Crippen molar-refractivity contribution in [2.24, 2.45) is 0 Å². The number of nitriles is 1. The van der Waals surface area contributed by atoms with Crippen molar-refractivity contribution < 1.29 is 9.18 Å². The normalized spacial score (nSPS) is 10.2. The average Bonchev–Trinajstić information content (AvgIpc) is 2.64. The van der Waals surface area contributed by atoms with Crippen LogP contribution in [0.4, 0.5) is 4.39 Å². The highest BCUT2D eigenvalue weighted by Crippen LogP contribution is 2.16. The summed E-state index contributed by atoms with van der Waals surface area (Å²) in [6, 6.07) is 6.03. The number of aldehydes is 1. The first-order chi connectivity index (χ1) is 9.06. The van der Waals surface area contributed by atoms with Gasteiger partial charge in [-0.2, -0.15) is 10.4 Å². The zero-order valence-electron chi connectivity index (χ0n) is 10.6. The molecule has 0 N–H and O–H groups in total. The molecule has 96 valence electrons. The topological polar surface area (TPSA) is 58.7 Å². The molecule has 1 aromatic carbocycles. The maximum absolute atomic E-state index is 13.2. The molecular formula is C14H12FN3O. The number of rotatable bonds is 3. The Morgan fingerprint density at radius 3 is 2.79 bits per heavy atom. The van der Waals surface area contributed by atoms with Crippen LogP contribution < -0.4 is 0 Å². The van der Waals surface area contributed by atoms with E-state index in [4.69, 9.17) is 5.26 Å². The van der Waals surface area contributed by atoms with Crippen molar-refractivity contribution in [1.82, 2.24) is 9.78 Å². The van der Waals surface area contributed by atoms with Crippen molar-refractivity contribution >= 4 is 6.29 Å². The molecule has 1 heterocycles. The summed E-state index contributed by atoms with van der Waals surface area (Å²) in [5.41, 5.74) is 2.82. The molecule has 19 heavy (non-hydrogen) atoms. The Labute approximate surface area is 110 Å². The lowest BCUT2D eigenvalue weighted by Gasteiger charge is -2.06. The minimum atomic E-state index is -0.397. The molecule has 0 saturated heterocycles. The van der Waals surface area contributed by atoms with E-state index in [1.807, 2.05) is 6.07 Å². The number of aromatic nitrogens is 2. The van der Waals surface area contributed by atoms with Crippen molar-refractivity contribution in [3.8, 4) is 6.07 Å². The molecule has 0 aliphatic carbocycles. The lowest BCUT2D eigenvalue weighted by molar-refractivity contribution is 0.112. The highest BCUT2D eigenvalue weighted by Gasteiger charge is 2.12. The van der Waals surface area contributed by atoms with Crippen LogP contribution in [-0.4, -0.2) is 16.1 Å². The van der Waals surface area contributed by atoms with Crippen LogP contribution in [0.3, 0.4) is 0 Å². The third-order valence-corrected chi connectivity index (χ3v) is 3.06. The van der Waals surface area contributed by atoms with Crippen molar-refractivity contribution in [1.29, 1.82) is 5.26 Å². The number of hydrogen-bond acceptors (Lipinski definition) is 3. The number of nitrogens with zero attached hydrogens (tertiary/aromatic N) is 3. The largest absolute Gasteiger partial charge is 0.298 e. The van der Waals surface area contributed by atoms with Crippen LogP contribution in [-0.2, 0) is 6.54 Å². The lowest BCUT2D eigenvalue weighted by atomic mass is 10.1. The van der Waals surface area contributed by atoms with E-state index in [0.717, 1.165) is 6.29 Å². The van der Waals surface area contributed by atoms with Crippen LogP contribution in [0.1, 0.15) is 32.9 Å². The van der Waals surface area contributed by atoms with Gasteiger partial charge in [0, 0.05) is 5.69 Å². The van der Waals surface area contributed by atoms with Crippen molar-refractivity contribution in [2.45, 2.75) is 20.4 Å². The monoisotopic (exact) mass is 257 g/mol. The van der Waals surface area contributed by atoms with E-state index in [0.29, 0.717) is 28.1 Å². The van der Waals surface area contributed by atoms with Gasteiger partial charge in [0.1, 0.15) is 5.82 Å². The van der Waals surface area contributed by atoms with E-state index in [1.165, 1.54) is 18.2 Å². The number of hydrogen-bond donors (Lipinski definition) is 0. The Bertz CT molecular complexity index is 683. The van der Waals surface area contributed by atoms with Gasteiger partial charge in [-0.1, -0.05) is 0 Å². The van der Waals surface area contributed by atoms with Gasteiger partial charge in [0.05, 0.1) is 29.4 Å². The molecule has 0 unspecified atom stereocenters. The molecule has 0 atom stereocenters. The van der Waals surface area contributed by atoms with Gasteiger partial charge in [-0.15, -0.1) is 0 Å². The number of carbonyl (C=O) groups is 1. The van der Waals surface area contributed by atoms with Gasteiger partial charge in [-0.25, -0.2) is 4.39 Å². The molecule has 0 radical (unpaired) electrons. The van der Waals surface area contributed by atoms with E-state index in [2.05, 4.69) is 5.10 Å². The van der Waals surface area contributed by atoms with E-state index in [9.17, 15) is 9.18 Å². The van der Waals surface area contributed by atoms with Gasteiger partial charge in [0.2, 0.25) is 0 Å². The van der Waals surface area contributed by atoms with Gasteiger partial charge in [0.15, 0.2) is 6.29 Å². The predicted molar refractivity (Wildman–Crippen MR) is 67.3 cm³/mol. The quantitative estimate of drug-likeness (QED) is 0.793. The fourth-order valence-corrected chi connectivity index (χ4v) is 2.00. The average molecular weight is 257 g/mol. The summed E-state index contributed by atoms with van der Waals surface area (Å²) in [7, 11) is 0. The first kappa shape index (κ1) is 13.0. The lowest BCUT2D eigenvalue weighted by Crippen LogP contribution is -2.06. The zero-order valence-corrected chi connectivity index (χ0v) is 10.6. The highest BCUT2D eigenvalue weighted by molar-refractivity contribution is 5.78. The van der Waals surface area contributed by atoms with E-state index < -0.39 is 5.82 Å². The van der Waals surface area contributed by atoms with Gasteiger partial charge in [-0.05, 0) is 37.6 Å². The Balaban J connectivity index is 2.45. The fraction of sp³-hybridized carbons (Fsp3) is 0.214. The van der Waals surface area contributed by atoms with Crippen LogP contribution in [0.5, 0.6) is 0 Å². The second kappa shape index (κ2) is 5.02. The molecule has 1 aromatic heterocycles. The molecule has 4 nitrogen and oxygen atoms in total. The van der Waals surface area contributed by atoms with E-state index in [1.54, 1.807) is 18.5 Å². The van der Waals surface area contributed by atoms with Crippen LogP contribution in [0.2, 0.25) is 0 Å². The molecule has 0 aliphatic heterocycles. The van der Waals surface area contributed by atoms with Crippen LogP contribution in [0.25, 0.3) is 0 Å². The molecule has 2 rings (SSSR count). The Kier molecular flexibility index (Phi) is 3.43. The summed E-state index contributed by atoms with van der Waals surface area (Å²) >= 11 is 0. The van der Waals surface area contributed by atoms with E-state index in [-0.39, 0.29) is 6.54 Å². The standard InChI is InChI=1S/C14H12FN3O/c1-9-14(8-19)10(2)18(17-9)7-12-5-13(15)4-3-11(12)6-16/h3-5,8H,7H2,1-2H3. The van der Waals surface area contributed by atoms with Crippen molar-refractivity contribution in [3.63, 3.8) is 0 Å². The molecule has 0 amide bonds. The van der Waals surface area contributed by atoms with Crippen LogP contribution in [0.15, 0.2) is 18.2 Å². The molecule has 5 heteroatoms. The molecule has 0 fully saturated rings. The third kappa shape index (κ3) is 2.38. The summed E-state index contributed by atoms with van der Waals surface area (Å²) in [5, 5.41) is 13.2. The minimum absolute atomic E-state index is 0.265. The van der Waals surface area contributed by atoms with E-state index >= 15 is 0 Å². The summed E-state index contributed by atoms with van der Waals surface area (Å²) < 4.78 is 14.8. The molecule has 0 bridgehead atoms. The third-order valence-electron chi connectivity index (χ3n) is 3.06. The maximum Gasteiger partial charge on any atom is 0.153 e. The van der Waals surface area contributed by atoms with Crippen LogP contribution in [0, 0.1) is 31.0 Å². The molecular weight excluding hydrogens is 245 g/mol. The molecule has 0 spiro atoms. The van der Waals surface area contributed by atoms with Gasteiger partial charge >= 0.3 is 0 Å². The molecule has 0 aliphatic rings. The molecule has 2 aromatic rings. The Morgan fingerprint density at radius 2 is 2.21 bits per heavy atom. The smallest absolute Gasteiger partial charge is 0.153 e. The Morgan fingerprint density at radius 1 is 1.47 bits per heavy atom. The molecule has 0 saturated carbocycles. The fourth-order valence-electron chi connectivity index (χ4n) is 2.00. The Hall–Kier alpha value is -2.48. The number of benzene rings is 1. The first-order valence-corrected chi connectivity index (χ1v) is 5.74. The summed E-state index contributed by atoms with van der Waals surface area (Å²) in [6.07, 6.45) is 0.755. The van der Waals surface area contributed by atoms with Crippen molar-refractivity contribution in [2.75, 3.05) is 0 Å². The van der Waals surface area contributed by atoms with Gasteiger partial charge < -0.3 is 0 Å². The first-order valence-electron chi connectivity index (χ1n) is 5.74. The second-order valence-corrected chi connectivity index (χ2v) is 4.27. The van der Waals surface area contributed by atoms with Gasteiger partial charge in [-0.3, -0.25) is 9.48 Å². The zero-order chi connectivity index (χ0) is 14.0. The maximum atomic E-state index is 13.2. The highest BCUT2D eigenvalue weighted by atomic mass is 19.1. The van der Waals surface area contributed by atoms with Crippen molar-refractivity contribution in [3.05, 3.63) is 52.1 Å². The second-order valence-electron chi connectivity index (χ2n) is 4.27. The summed E-state index contributed by atoms with van der Waals surface area (Å²) in [4.78, 5) is 10.9. The number of halogens is 1. The summed E-state index contributed by atoms with van der Waals surface area (Å²) in [5.74, 6) is -0.397. The predicted octanol–water partition coefficient (Wildman–Crippen LogP) is 2.37. The van der Waals surface area contributed by atoms with Gasteiger partial charge in [0.25, 0.3) is 0 Å². The van der Waals surface area contributed by atoms with Crippen LogP contribution >= 0.6 is 0 Å². The number of carbonyl (C=O) groups excluding carboxylic acids is 1.